The van der Waals surface area contributed by atoms with E-state index in [1.165, 1.54) is 18.2 Å². The minimum Gasteiger partial charge on any atom is -0.382 e. The summed E-state index contributed by atoms with van der Waals surface area (Å²) < 4.78 is 18.1. The number of rotatable bonds is 7. The van der Waals surface area contributed by atoms with Crippen LogP contribution in [0.2, 0.25) is 5.02 Å². The van der Waals surface area contributed by atoms with E-state index in [0.717, 1.165) is 41.7 Å². The third-order valence-corrected chi connectivity index (χ3v) is 9.08. The van der Waals surface area contributed by atoms with E-state index in [1.54, 1.807) is 10.9 Å². The smallest absolute Gasteiger partial charge is 0.255 e. The van der Waals surface area contributed by atoms with E-state index in [0.29, 0.717) is 30.5 Å². The van der Waals surface area contributed by atoms with Crippen LogP contribution in [0, 0.1) is 24.6 Å². The summed E-state index contributed by atoms with van der Waals surface area (Å²) in [5.74, 6) is 0.427. The molecule has 1 amide bonds. The number of fused-ring (bicyclic) bond motifs is 1. The second kappa shape index (κ2) is 11.0. The number of hydrogen-bond acceptors (Lipinski definition) is 6. The number of nitrogens with zero attached hydrogens (tertiary/aromatic N) is 7. The van der Waals surface area contributed by atoms with Gasteiger partial charge in [-0.1, -0.05) is 36.7 Å². The molecular weight excluding hydrogens is 569 g/mol. The van der Waals surface area contributed by atoms with Gasteiger partial charge in [-0.05, 0) is 82.9 Å². The Morgan fingerprint density at radius 2 is 1.91 bits per heavy atom. The summed E-state index contributed by atoms with van der Waals surface area (Å²) in [5.41, 5.74) is 3.04. The van der Waals surface area contributed by atoms with Crippen molar-refractivity contribution in [2.24, 2.45) is 11.8 Å². The van der Waals surface area contributed by atoms with Crippen LogP contribution < -0.4 is 0 Å². The van der Waals surface area contributed by atoms with Crippen LogP contribution in [-0.2, 0) is 12.1 Å². The molecule has 2 aliphatic rings. The van der Waals surface area contributed by atoms with Gasteiger partial charge >= 0.3 is 0 Å². The van der Waals surface area contributed by atoms with Crippen molar-refractivity contribution in [2.75, 3.05) is 6.54 Å². The van der Waals surface area contributed by atoms with E-state index in [9.17, 15) is 14.3 Å². The molecule has 9 nitrogen and oxygen atoms in total. The number of amides is 1. The highest BCUT2D eigenvalue weighted by Crippen LogP contribution is 2.45. The number of halogens is 2. The predicted molar refractivity (Wildman–Crippen MR) is 162 cm³/mol. The molecular formula is C32H39ClFN7O2. The number of carbonyl (C=O) groups is 1. The molecule has 2 fully saturated rings. The zero-order valence-electron chi connectivity index (χ0n) is 25.6. The van der Waals surface area contributed by atoms with Crippen LogP contribution >= 0.6 is 11.6 Å². The van der Waals surface area contributed by atoms with E-state index in [-0.39, 0.29) is 39.7 Å². The molecule has 1 aromatic carbocycles. The molecule has 0 bridgehead atoms. The fourth-order valence-corrected chi connectivity index (χ4v) is 6.59. The van der Waals surface area contributed by atoms with Crippen LogP contribution in [0.5, 0.6) is 0 Å². The normalized spacial score (nSPS) is 20.0. The average molecular weight is 608 g/mol. The molecule has 1 aliphatic carbocycles. The predicted octanol–water partition coefficient (Wildman–Crippen LogP) is 6.02. The molecule has 43 heavy (non-hydrogen) atoms. The molecule has 11 heteroatoms. The van der Waals surface area contributed by atoms with E-state index >= 15 is 0 Å². The lowest BCUT2D eigenvalue weighted by atomic mass is 9.94. The molecule has 1 N–H and O–H groups in total. The Hall–Kier alpha value is -3.37. The first-order valence-electron chi connectivity index (χ1n) is 15.1. The van der Waals surface area contributed by atoms with E-state index in [4.69, 9.17) is 21.7 Å². The molecule has 3 unspecified atom stereocenters. The first-order chi connectivity index (χ1) is 20.3. The van der Waals surface area contributed by atoms with Gasteiger partial charge in [-0.15, -0.1) is 5.10 Å². The van der Waals surface area contributed by atoms with Crippen molar-refractivity contribution < 1.29 is 14.3 Å². The average Bonchev–Trinajstić information content (AvgIpc) is 3.36. The summed E-state index contributed by atoms with van der Waals surface area (Å²) in [6.45, 7) is 13.5. The van der Waals surface area contributed by atoms with Gasteiger partial charge in [0.1, 0.15) is 17.6 Å². The third-order valence-electron chi connectivity index (χ3n) is 8.84. The van der Waals surface area contributed by atoms with Crippen molar-refractivity contribution in [3.05, 3.63) is 69.5 Å². The fourth-order valence-electron chi connectivity index (χ4n) is 6.44. The molecule has 3 atom stereocenters. The number of aliphatic hydroxyl groups is 1. The Kier molecular flexibility index (Phi) is 7.57. The maximum Gasteiger partial charge on any atom is 0.255 e. The molecule has 6 rings (SSSR count). The summed E-state index contributed by atoms with van der Waals surface area (Å²) >= 11 is 5.89. The highest BCUT2D eigenvalue weighted by atomic mass is 35.5. The SMILES string of the molecule is Cc1nn(C(C)(C)C)c2nc(C(C)C)cc(C(=O)N3CCC(C4CC4)C3Cn3cc(C(O)c4ccc(Cl)cc4F)nn3)c12. The van der Waals surface area contributed by atoms with Crippen molar-refractivity contribution in [1.29, 1.82) is 0 Å². The molecule has 228 valence electrons. The Labute approximate surface area is 256 Å². The lowest BCUT2D eigenvalue weighted by Gasteiger charge is -2.29. The number of aryl methyl sites for hydroxylation is 1. The van der Waals surface area contributed by atoms with E-state index < -0.39 is 11.9 Å². The zero-order chi connectivity index (χ0) is 30.8. The topological polar surface area (TPSA) is 102 Å². The number of hydrogen-bond donors (Lipinski definition) is 1. The molecule has 3 aromatic heterocycles. The minimum atomic E-state index is -1.28. The van der Waals surface area contributed by atoms with Gasteiger partial charge in [0, 0.05) is 22.8 Å². The number of carbonyl (C=O) groups excluding carboxylic acids is 1. The minimum absolute atomic E-state index is 0.0254. The van der Waals surface area contributed by atoms with Crippen LogP contribution in [0.15, 0.2) is 30.5 Å². The van der Waals surface area contributed by atoms with Crippen LogP contribution in [0.3, 0.4) is 0 Å². The van der Waals surface area contributed by atoms with Gasteiger partial charge in [-0.3, -0.25) is 9.48 Å². The Morgan fingerprint density at radius 3 is 2.56 bits per heavy atom. The van der Waals surface area contributed by atoms with Gasteiger partial charge in [0.05, 0.1) is 41.0 Å². The molecule has 0 radical (unpaired) electrons. The van der Waals surface area contributed by atoms with Crippen LogP contribution in [0.25, 0.3) is 11.0 Å². The fraction of sp³-hybridized carbons (Fsp3) is 0.531. The standard InChI is InChI=1S/C32H39ClFN7O2/c1-17(2)25-14-23(28-18(3)37-41(30(28)35-25)32(4,5)6)31(43)40-12-11-21(19-7-8-19)27(40)16-39-15-26(36-38-39)29(42)22-10-9-20(33)13-24(22)34/h9-10,13-15,17,19,21,27,29,42H,7-8,11-12,16H2,1-6H3. The summed E-state index contributed by atoms with van der Waals surface area (Å²) in [6, 6.07) is 6.00. The number of aliphatic hydroxyl groups excluding tert-OH is 1. The van der Waals surface area contributed by atoms with Crippen molar-refractivity contribution in [3.8, 4) is 0 Å². The summed E-state index contributed by atoms with van der Waals surface area (Å²) in [7, 11) is 0. The number of aromatic nitrogens is 6. The van der Waals surface area contributed by atoms with E-state index in [2.05, 4.69) is 44.9 Å². The van der Waals surface area contributed by atoms with Crippen LogP contribution in [0.4, 0.5) is 4.39 Å². The summed E-state index contributed by atoms with van der Waals surface area (Å²) in [4.78, 5) is 21.5. The zero-order valence-corrected chi connectivity index (χ0v) is 26.3. The number of benzene rings is 1. The Balaban J connectivity index is 1.34. The van der Waals surface area contributed by atoms with Gasteiger partial charge in [0.15, 0.2) is 5.65 Å². The van der Waals surface area contributed by atoms with Crippen molar-refractivity contribution in [2.45, 2.75) is 91.0 Å². The van der Waals surface area contributed by atoms with Crippen molar-refractivity contribution in [1.82, 2.24) is 34.7 Å². The number of pyridine rings is 1. The lowest BCUT2D eigenvalue weighted by molar-refractivity contribution is 0.0694. The monoisotopic (exact) mass is 607 g/mol. The van der Waals surface area contributed by atoms with Gasteiger partial charge in [0.25, 0.3) is 5.91 Å². The molecule has 0 spiro atoms. The van der Waals surface area contributed by atoms with Gasteiger partial charge in [0.2, 0.25) is 0 Å². The highest BCUT2D eigenvalue weighted by molar-refractivity contribution is 6.30. The van der Waals surface area contributed by atoms with Gasteiger partial charge in [-0.25, -0.2) is 14.1 Å². The Morgan fingerprint density at radius 1 is 1.16 bits per heavy atom. The van der Waals surface area contributed by atoms with Crippen molar-refractivity contribution in [3.63, 3.8) is 0 Å². The maximum atomic E-state index is 14.5. The first-order valence-corrected chi connectivity index (χ1v) is 15.5. The van der Waals surface area contributed by atoms with Gasteiger partial charge < -0.3 is 10.0 Å². The van der Waals surface area contributed by atoms with Crippen LogP contribution in [-0.4, -0.2) is 58.3 Å². The Bertz CT molecular complexity index is 1690. The molecule has 1 aliphatic heterocycles. The number of likely N-dealkylation sites (tertiary alicyclic amines) is 1. The third kappa shape index (κ3) is 5.55. The second-order valence-corrected chi connectivity index (χ2v) is 13.8. The van der Waals surface area contributed by atoms with E-state index in [1.807, 2.05) is 22.6 Å². The van der Waals surface area contributed by atoms with Gasteiger partial charge in [-0.2, -0.15) is 5.10 Å². The summed E-state index contributed by atoms with van der Waals surface area (Å²) in [6.07, 6.45) is 3.60. The molecule has 1 saturated carbocycles. The molecule has 4 aromatic rings. The van der Waals surface area contributed by atoms with Crippen LogP contribution in [0.1, 0.15) is 98.9 Å². The summed E-state index contributed by atoms with van der Waals surface area (Å²) in [5, 5.41) is 25.2. The second-order valence-electron chi connectivity index (χ2n) is 13.4. The molecule has 4 heterocycles. The largest absolute Gasteiger partial charge is 0.382 e. The quantitative estimate of drug-likeness (QED) is 0.275. The maximum absolute atomic E-state index is 14.5. The molecule has 1 saturated heterocycles. The van der Waals surface area contributed by atoms with Crippen molar-refractivity contribution >= 4 is 28.5 Å². The first kappa shape index (κ1) is 29.7. The lowest BCUT2D eigenvalue weighted by Crippen LogP contribution is -2.41. The highest BCUT2D eigenvalue weighted by Gasteiger charge is 2.45.